The Hall–Kier alpha value is -3.55. The molecule has 2 heterocycles. The summed E-state index contributed by atoms with van der Waals surface area (Å²) in [7, 11) is 0. The molecule has 0 aliphatic heterocycles. The van der Waals surface area contributed by atoms with Crippen LogP contribution in [0.5, 0.6) is 0 Å². The van der Waals surface area contributed by atoms with Crippen molar-refractivity contribution in [1.82, 2.24) is 25.1 Å². The van der Waals surface area contributed by atoms with E-state index in [1.807, 2.05) is 24.3 Å². The van der Waals surface area contributed by atoms with Crippen LogP contribution in [0.4, 0.5) is 10.2 Å². The van der Waals surface area contributed by atoms with E-state index in [2.05, 4.69) is 27.4 Å². The summed E-state index contributed by atoms with van der Waals surface area (Å²) in [6, 6.07) is 13.6. The van der Waals surface area contributed by atoms with Crippen LogP contribution in [0.1, 0.15) is 12.5 Å². The summed E-state index contributed by atoms with van der Waals surface area (Å²) in [5.74, 6) is 0.449. The molecule has 4 rings (SSSR count). The third-order valence-electron chi connectivity index (χ3n) is 4.04. The Morgan fingerprint density at radius 2 is 1.88 bits per heavy atom. The second kappa shape index (κ2) is 6.40. The van der Waals surface area contributed by atoms with E-state index in [0.29, 0.717) is 22.9 Å². The van der Waals surface area contributed by atoms with Gasteiger partial charge < -0.3 is 10.3 Å². The van der Waals surface area contributed by atoms with E-state index in [1.165, 1.54) is 12.1 Å². The van der Waals surface area contributed by atoms with E-state index >= 15 is 0 Å². The molecule has 0 atom stereocenters. The highest BCUT2D eigenvalue weighted by atomic mass is 19.1. The fraction of sp³-hybridized carbons (Fsp3) is 0.111. The Labute approximate surface area is 148 Å². The van der Waals surface area contributed by atoms with E-state index < -0.39 is 0 Å². The van der Waals surface area contributed by atoms with Crippen molar-refractivity contribution >= 4 is 5.82 Å². The van der Waals surface area contributed by atoms with Crippen molar-refractivity contribution < 1.29 is 8.91 Å². The van der Waals surface area contributed by atoms with Gasteiger partial charge in [0.25, 0.3) is 5.89 Å². The van der Waals surface area contributed by atoms with Crippen LogP contribution in [0, 0.1) is 5.82 Å². The first-order valence-corrected chi connectivity index (χ1v) is 8.07. The molecule has 0 saturated heterocycles. The molecular weight excluding hydrogens is 335 g/mol. The summed E-state index contributed by atoms with van der Waals surface area (Å²) >= 11 is 0. The number of para-hydroxylation sites is 1. The van der Waals surface area contributed by atoms with E-state index in [9.17, 15) is 4.39 Å². The van der Waals surface area contributed by atoms with Crippen LogP contribution in [0.25, 0.3) is 28.7 Å². The van der Waals surface area contributed by atoms with Crippen LogP contribution < -0.4 is 5.73 Å². The highest BCUT2D eigenvalue weighted by molar-refractivity contribution is 5.66. The minimum Gasteiger partial charge on any atom is -0.382 e. The molecule has 0 bridgehead atoms. The highest BCUT2D eigenvalue weighted by Gasteiger charge is 2.20. The van der Waals surface area contributed by atoms with Gasteiger partial charge in [-0.3, -0.25) is 0 Å². The monoisotopic (exact) mass is 350 g/mol. The van der Waals surface area contributed by atoms with Gasteiger partial charge in [0, 0.05) is 5.56 Å². The lowest BCUT2D eigenvalue weighted by atomic mass is 10.1. The maximum absolute atomic E-state index is 13.0. The van der Waals surface area contributed by atoms with Crippen LogP contribution in [0.3, 0.4) is 0 Å². The lowest BCUT2D eigenvalue weighted by Gasteiger charge is -2.07. The first-order valence-electron chi connectivity index (χ1n) is 8.07. The molecule has 2 N–H and O–H groups in total. The Kier molecular flexibility index (Phi) is 3.92. The number of nitrogens with zero attached hydrogens (tertiary/aromatic N) is 5. The van der Waals surface area contributed by atoms with E-state index in [1.54, 1.807) is 16.8 Å². The maximum Gasteiger partial charge on any atom is 0.282 e. The molecule has 0 aliphatic rings. The predicted molar refractivity (Wildman–Crippen MR) is 93.8 cm³/mol. The van der Waals surface area contributed by atoms with Gasteiger partial charge in [0.2, 0.25) is 5.82 Å². The number of benzene rings is 2. The van der Waals surface area contributed by atoms with Crippen LogP contribution in [-0.4, -0.2) is 25.1 Å². The first kappa shape index (κ1) is 15.9. The van der Waals surface area contributed by atoms with E-state index in [-0.39, 0.29) is 11.7 Å². The number of nitrogens with two attached hydrogens (primary N) is 1. The molecular formula is C18H15FN6O. The summed E-state index contributed by atoms with van der Waals surface area (Å²) in [5.41, 5.74) is 9.09. The summed E-state index contributed by atoms with van der Waals surface area (Å²) in [5, 5.41) is 12.1. The third kappa shape index (κ3) is 2.71. The molecule has 0 saturated carbocycles. The average molecular weight is 350 g/mol. The molecule has 0 radical (unpaired) electrons. The van der Waals surface area contributed by atoms with Gasteiger partial charge >= 0.3 is 0 Å². The number of hydrogen-bond donors (Lipinski definition) is 1. The fourth-order valence-electron chi connectivity index (χ4n) is 2.67. The zero-order valence-electron chi connectivity index (χ0n) is 13.9. The number of aryl methyl sites for hydroxylation is 1. The number of halogens is 1. The molecule has 0 unspecified atom stereocenters. The molecule has 0 spiro atoms. The second-order valence-electron chi connectivity index (χ2n) is 5.65. The van der Waals surface area contributed by atoms with Crippen LogP contribution in [0.15, 0.2) is 53.1 Å². The number of hydrogen-bond acceptors (Lipinski definition) is 6. The molecule has 2 aromatic heterocycles. The molecule has 26 heavy (non-hydrogen) atoms. The molecule has 0 amide bonds. The molecule has 8 heteroatoms. The van der Waals surface area contributed by atoms with Gasteiger partial charge in [0.05, 0.1) is 5.69 Å². The van der Waals surface area contributed by atoms with Crippen molar-refractivity contribution in [3.8, 4) is 28.7 Å². The van der Waals surface area contributed by atoms with E-state index in [0.717, 1.165) is 17.7 Å². The Morgan fingerprint density at radius 1 is 1.12 bits per heavy atom. The average Bonchev–Trinajstić information content (AvgIpc) is 3.29. The van der Waals surface area contributed by atoms with Crippen molar-refractivity contribution in [2.24, 2.45) is 0 Å². The largest absolute Gasteiger partial charge is 0.382 e. The molecule has 0 fully saturated rings. The summed E-state index contributed by atoms with van der Waals surface area (Å²) in [4.78, 5) is 4.29. The summed E-state index contributed by atoms with van der Waals surface area (Å²) < 4.78 is 19.9. The molecule has 4 aromatic rings. The highest BCUT2D eigenvalue weighted by Crippen LogP contribution is 2.27. The topological polar surface area (TPSA) is 95.6 Å². The van der Waals surface area contributed by atoms with Crippen molar-refractivity contribution in [1.29, 1.82) is 0 Å². The van der Waals surface area contributed by atoms with Gasteiger partial charge in [-0.05, 0) is 42.3 Å². The fourth-order valence-corrected chi connectivity index (χ4v) is 2.67. The third-order valence-corrected chi connectivity index (χ3v) is 4.04. The predicted octanol–water partition coefficient (Wildman–Crippen LogP) is 3.27. The maximum atomic E-state index is 13.0. The molecule has 2 aromatic carbocycles. The standard InChI is InChI=1S/C18H15FN6O/c1-2-11-5-3-4-6-14(11)25-16(20)15(22-24-25)18-21-17(23-26-18)12-7-9-13(19)10-8-12/h3-10H,2,20H2,1H3. The van der Waals surface area contributed by atoms with Gasteiger partial charge in [0.15, 0.2) is 11.5 Å². The number of anilines is 1. The minimum atomic E-state index is -0.334. The number of aromatic nitrogens is 5. The van der Waals surface area contributed by atoms with Crippen LogP contribution in [0.2, 0.25) is 0 Å². The lowest BCUT2D eigenvalue weighted by molar-refractivity contribution is 0.431. The van der Waals surface area contributed by atoms with Gasteiger partial charge in [-0.1, -0.05) is 35.5 Å². The Balaban J connectivity index is 1.72. The lowest BCUT2D eigenvalue weighted by Crippen LogP contribution is -2.05. The zero-order valence-corrected chi connectivity index (χ0v) is 13.9. The van der Waals surface area contributed by atoms with Gasteiger partial charge in [-0.2, -0.15) is 9.67 Å². The zero-order chi connectivity index (χ0) is 18.1. The quantitative estimate of drug-likeness (QED) is 0.607. The first-order chi connectivity index (χ1) is 12.7. The van der Waals surface area contributed by atoms with Gasteiger partial charge in [0.1, 0.15) is 5.82 Å². The Morgan fingerprint density at radius 3 is 2.65 bits per heavy atom. The van der Waals surface area contributed by atoms with Gasteiger partial charge in [-0.15, -0.1) is 5.10 Å². The summed E-state index contributed by atoms with van der Waals surface area (Å²) in [6.45, 7) is 2.06. The SMILES string of the molecule is CCc1ccccc1-n1nnc(-c2nc(-c3ccc(F)cc3)no2)c1N. The van der Waals surface area contributed by atoms with Crippen molar-refractivity contribution in [2.45, 2.75) is 13.3 Å². The summed E-state index contributed by atoms with van der Waals surface area (Å²) in [6.07, 6.45) is 0.833. The Bertz CT molecular complexity index is 1050. The normalized spacial score (nSPS) is 11.0. The number of rotatable bonds is 4. The second-order valence-corrected chi connectivity index (χ2v) is 5.65. The number of nitrogen functional groups attached to an aromatic ring is 1. The van der Waals surface area contributed by atoms with Crippen LogP contribution >= 0.6 is 0 Å². The van der Waals surface area contributed by atoms with Crippen molar-refractivity contribution in [3.63, 3.8) is 0 Å². The van der Waals surface area contributed by atoms with Crippen LogP contribution in [-0.2, 0) is 6.42 Å². The molecule has 0 aliphatic carbocycles. The van der Waals surface area contributed by atoms with Gasteiger partial charge in [-0.25, -0.2) is 4.39 Å². The van der Waals surface area contributed by atoms with Crippen molar-refractivity contribution in [2.75, 3.05) is 5.73 Å². The smallest absolute Gasteiger partial charge is 0.282 e. The minimum absolute atomic E-state index is 0.155. The molecule has 130 valence electrons. The van der Waals surface area contributed by atoms with E-state index in [4.69, 9.17) is 10.3 Å². The van der Waals surface area contributed by atoms with Crippen molar-refractivity contribution in [3.05, 3.63) is 59.9 Å². The molecule has 7 nitrogen and oxygen atoms in total.